The number of hydrogen-bond donors (Lipinski definition) is 2. The Balaban J connectivity index is 1.69. The molecule has 2 amide bonds. The van der Waals surface area contributed by atoms with Crippen LogP contribution in [0.2, 0.25) is 0 Å². The van der Waals surface area contributed by atoms with Crippen LogP contribution in [-0.2, 0) is 9.59 Å². The first-order chi connectivity index (χ1) is 12.1. The van der Waals surface area contributed by atoms with Crippen molar-refractivity contribution in [3.8, 4) is 5.75 Å². The fraction of sp³-hybridized carbons (Fsp3) is 0.300. The van der Waals surface area contributed by atoms with Crippen molar-refractivity contribution in [1.82, 2.24) is 10.6 Å². The molecule has 0 aliphatic carbocycles. The minimum Gasteiger partial charge on any atom is -0.493 e. The Bertz CT molecular complexity index is 746. The summed E-state index contributed by atoms with van der Waals surface area (Å²) in [6.45, 7) is 2.04. The molecule has 1 aliphatic rings. The zero-order chi connectivity index (χ0) is 17.6. The Morgan fingerprint density at radius 2 is 1.84 bits per heavy atom. The van der Waals surface area contributed by atoms with E-state index in [1.54, 1.807) is 0 Å². The van der Waals surface area contributed by atoms with Gasteiger partial charge in [-0.15, -0.1) is 0 Å². The van der Waals surface area contributed by atoms with Crippen LogP contribution in [0.15, 0.2) is 54.6 Å². The molecule has 2 N–H and O–H groups in total. The minimum absolute atomic E-state index is 0.0637. The fourth-order valence-electron chi connectivity index (χ4n) is 3.11. The molecular formula is C20H22N2O3. The number of carbonyl (C=O) groups excluding carboxylic acids is 2. The first-order valence-corrected chi connectivity index (χ1v) is 8.46. The zero-order valence-corrected chi connectivity index (χ0v) is 14.2. The molecule has 3 rings (SSSR count). The second kappa shape index (κ2) is 7.83. The largest absolute Gasteiger partial charge is 0.493 e. The van der Waals surface area contributed by atoms with Gasteiger partial charge in [-0.25, -0.2) is 0 Å². The molecular weight excluding hydrogens is 316 g/mol. The van der Waals surface area contributed by atoms with Gasteiger partial charge in [-0.2, -0.15) is 0 Å². The van der Waals surface area contributed by atoms with Crippen molar-refractivity contribution in [1.29, 1.82) is 0 Å². The van der Waals surface area contributed by atoms with Gasteiger partial charge in [-0.05, 0) is 11.6 Å². The number of ether oxygens (including phenoxy) is 1. The summed E-state index contributed by atoms with van der Waals surface area (Å²) in [6.07, 6.45) is 0.933. The van der Waals surface area contributed by atoms with Gasteiger partial charge in [0.25, 0.3) is 0 Å². The third kappa shape index (κ3) is 4.38. The van der Waals surface area contributed by atoms with E-state index in [1.807, 2.05) is 54.6 Å². The third-order valence-electron chi connectivity index (χ3n) is 4.26. The second-order valence-electron chi connectivity index (χ2n) is 6.16. The summed E-state index contributed by atoms with van der Waals surface area (Å²) in [5, 5.41) is 5.94. The molecule has 0 saturated carbocycles. The van der Waals surface area contributed by atoms with Crippen LogP contribution in [0.25, 0.3) is 0 Å². The van der Waals surface area contributed by atoms with E-state index in [1.165, 1.54) is 6.92 Å². The summed E-state index contributed by atoms with van der Waals surface area (Å²) in [5.41, 5.74) is 1.91. The maximum absolute atomic E-state index is 12.6. The summed E-state index contributed by atoms with van der Waals surface area (Å²) in [4.78, 5) is 24.1. The van der Waals surface area contributed by atoms with Crippen LogP contribution in [0, 0.1) is 0 Å². The van der Waals surface area contributed by atoms with Gasteiger partial charge in [-0.3, -0.25) is 9.59 Å². The molecule has 5 heteroatoms. The number of hydrogen-bond acceptors (Lipinski definition) is 3. The van der Waals surface area contributed by atoms with E-state index >= 15 is 0 Å². The number of para-hydroxylation sites is 1. The van der Waals surface area contributed by atoms with Crippen LogP contribution in [0.1, 0.15) is 43.0 Å². The summed E-state index contributed by atoms with van der Waals surface area (Å²) in [5.74, 6) is 0.572. The first kappa shape index (κ1) is 17.0. The van der Waals surface area contributed by atoms with Crippen molar-refractivity contribution in [2.45, 2.75) is 31.8 Å². The van der Waals surface area contributed by atoms with Gasteiger partial charge in [0.1, 0.15) is 5.75 Å². The maximum atomic E-state index is 12.6. The molecule has 0 bridgehead atoms. The maximum Gasteiger partial charge on any atom is 0.222 e. The van der Waals surface area contributed by atoms with Crippen LogP contribution >= 0.6 is 0 Å². The Kier molecular flexibility index (Phi) is 5.33. The van der Waals surface area contributed by atoms with Gasteiger partial charge >= 0.3 is 0 Å². The Morgan fingerprint density at radius 3 is 2.60 bits per heavy atom. The minimum atomic E-state index is -0.339. The third-order valence-corrected chi connectivity index (χ3v) is 4.26. The van der Waals surface area contributed by atoms with E-state index in [2.05, 4.69) is 10.6 Å². The highest BCUT2D eigenvalue weighted by molar-refractivity contribution is 5.79. The molecule has 0 unspecified atom stereocenters. The molecule has 5 nitrogen and oxygen atoms in total. The SMILES string of the molecule is CC(=O)N[C@H](CC(=O)N[C@H]1CCOc2ccccc21)c1ccccc1. The topological polar surface area (TPSA) is 67.4 Å². The smallest absolute Gasteiger partial charge is 0.222 e. The lowest BCUT2D eigenvalue weighted by atomic mass is 9.99. The molecule has 25 heavy (non-hydrogen) atoms. The molecule has 2 aromatic carbocycles. The summed E-state index contributed by atoms with van der Waals surface area (Å²) in [7, 11) is 0. The number of nitrogens with one attached hydrogen (secondary N) is 2. The quantitative estimate of drug-likeness (QED) is 0.881. The van der Waals surface area contributed by atoms with Crippen molar-refractivity contribution in [2.75, 3.05) is 6.61 Å². The number of carbonyl (C=O) groups is 2. The monoisotopic (exact) mass is 338 g/mol. The Hall–Kier alpha value is -2.82. The van der Waals surface area contributed by atoms with E-state index < -0.39 is 0 Å². The van der Waals surface area contributed by atoms with Crippen LogP contribution in [0.3, 0.4) is 0 Å². The molecule has 0 fully saturated rings. The summed E-state index contributed by atoms with van der Waals surface area (Å²) >= 11 is 0. The summed E-state index contributed by atoms with van der Waals surface area (Å²) in [6, 6.07) is 16.9. The zero-order valence-electron chi connectivity index (χ0n) is 14.2. The highest BCUT2D eigenvalue weighted by Gasteiger charge is 2.24. The predicted molar refractivity (Wildman–Crippen MR) is 95.1 cm³/mol. The molecule has 0 radical (unpaired) electrons. The van der Waals surface area contributed by atoms with Crippen LogP contribution in [0.5, 0.6) is 5.75 Å². The molecule has 2 atom stereocenters. The van der Waals surface area contributed by atoms with Crippen LogP contribution in [-0.4, -0.2) is 18.4 Å². The number of amides is 2. The van der Waals surface area contributed by atoms with Crippen molar-refractivity contribution < 1.29 is 14.3 Å². The lowest BCUT2D eigenvalue weighted by Gasteiger charge is -2.27. The van der Waals surface area contributed by atoms with E-state index in [0.29, 0.717) is 6.61 Å². The van der Waals surface area contributed by atoms with Gasteiger partial charge in [0.15, 0.2) is 0 Å². The van der Waals surface area contributed by atoms with Crippen molar-refractivity contribution in [3.63, 3.8) is 0 Å². The molecule has 0 aromatic heterocycles. The lowest BCUT2D eigenvalue weighted by Crippen LogP contribution is -2.36. The van der Waals surface area contributed by atoms with Crippen molar-refractivity contribution in [2.24, 2.45) is 0 Å². The normalized spacial score (nSPS) is 16.9. The molecule has 130 valence electrons. The molecule has 0 spiro atoms. The summed E-state index contributed by atoms with van der Waals surface area (Å²) < 4.78 is 5.63. The van der Waals surface area contributed by atoms with Gasteiger partial charge < -0.3 is 15.4 Å². The fourth-order valence-corrected chi connectivity index (χ4v) is 3.11. The molecule has 0 saturated heterocycles. The molecule has 1 heterocycles. The second-order valence-corrected chi connectivity index (χ2v) is 6.16. The van der Waals surface area contributed by atoms with Crippen molar-refractivity contribution >= 4 is 11.8 Å². The Morgan fingerprint density at radius 1 is 1.12 bits per heavy atom. The lowest BCUT2D eigenvalue weighted by molar-refractivity contribution is -0.123. The Labute approximate surface area is 147 Å². The predicted octanol–water partition coefficient (Wildman–Crippen LogP) is 2.89. The first-order valence-electron chi connectivity index (χ1n) is 8.46. The number of rotatable bonds is 5. The number of benzene rings is 2. The highest BCUT2D eigenvalue weighted by atomic mass is 16.5. The van der Waals surface area contributed by atoms with Crippen LogP contribution in [0.4, 0.5) is 0 Å². The van der Waals surface area contributed by atoms with Gasteiger partial charge in [0, 0.05) is 18.9 Å². The van der Waals surface area contributed by atoms with E-state index in [-0.39, 0.29) is 30.3 Å². The van der Waals surface area contributed by atoms with Gasteiger partial charge in [-0.1, -0.05) is 48.5 Å². The van der Waals surface area contributed by atoms with E-state index in [4.69, 9.17) is 4.74 Å². The van der Waals surface area contributed by atoms with Crippen molar-refractivity contribution in [3.05, 3.63) is 65.7 Å². The molecule has 2 aromatic rings. The highest BCUT2D eigenvalue weighted by Crippen LogP contribution is 2.31. The molecule has 1 aliphatic heterocycles. The average Bonchev–Trinajstić information content (AvgIpc) is 2.62. The standard InChI is InChI=1S/C20H22N2O3/c1-14(23)21-18(15-7-3-2-4-8-15)13-20(24)22-17-11-12-25-19-10-6-5-9-16(17)19/h2-10,17-18H,11-13H2,1H3,(H,21,23)(H,22,24)/t17-,18+/m0/s1. The number of fused-ring (bicyclic) bond motifs is 1. The van der Waals surface area contributed by atoms with Gasteiger partial charge in [0.05, 0.1) is 25.1 Å². The average molecular weight is 338 g/mol. The van der Waals surface area contributed by atoms with E-state index in [9.17, 15) is 9.59 Å². The van der Waals surface area contributed by atoms with E-state index in [0.717, 1.165) is 23.3 Å². The van der Waals surface area contributed by atoms with Crippen LogP contribution < -0.4 is 15.4 Å². The van der Waals surface area contributed by atoms with Gasteiger partial charge in [0.2, 0.25) is 11.8 Å².